The van der Waals surface area contributed by atoms with Crippen molar-refractivity contribution in [3.8, 4) is 5.75 Å². The Morgan fingerprint density at radius 1 is 1.10 bits per heavy atom. The normalized spacial score (nSPS) is 15.0. The van der Waals surface area contributed by atoms with E-state index in [0.717, 1.165) is 10.5 Å². The third-order valence-electron chi connectivity index (χ3n) is 3.97. The molecule has 5 nitrogen and oxygen atoms in total. The molecule has 150 valence electrons. The van der Waals surface area contributed by atoms with Gasteiger partial charge in [-0.1, -0.05) is 46.9 Å². The molecule has 1 heterocycles. The van der Waals surface area contributed by atoms with Crippen LogP contribution < -0.4 is 10.1 Å². The van der Waals surface area contributed by atoms with Crippen LogP contribution in [0.1, 0.15) is 11.1 Å². The van der Waals surface area contributed by atoms with Crippen molar-refractivity contribution < 1.29 is 14.3 Å². The maximum Gasteiger partial charge on any atom is 0.329 e. The molecule has 0 aromatic heterocycles. The van der Waals surface area contributed by atoms with Crippen molar-refractivity contribution in [1.29, 1.82) is 0 Å². The molecule has 0 bridgehead atoms. The average Bonchev–Trinajstić information content (AvgIpc) is 2.91. The van der Waals surface area contributed by atoms with E-state index >= 15 is 0 Å². The monoisotopic (exact) mass is 514 g/mol. The minimum absolute atomic E-state index is 0.133. The van der Waals surface area contributed by atoms with Crippen LogP contribution in [-0.4, -0.2) is 23.4 Å². The molecule has 0 atom stereocenters. The van der Waals surface area contributed by atoms with Gasteiger partial charge in [0.2, 0.25) is 0 Å². The SMILES string of the molecule is C=CCN1C(=O)N/C(=C/c2cc(Cl)c(OCc3ccc(Cl)c(Cl)c3)c(Br)c2)C1=O. The Morgan fingerprint density at radius 2 is 1.86 bits per heavy atom. The Morgan fingerprint density at radius 3 is 2.52 bits per heavy atom. The molecule has 3 amide bonds. The fourth-order valence-corrected chi connectivity index (χ4v) is 3.93. The van der Waals surface area contributed by atoms with Crippen molar-refractivity contribution in [1.82, 2.24) is 10.2 Å². The van der Waals surface area contributed by atoms with E-state index in [1.54, 1.807) is 36.4 Å². The molecule has 2 aromatic rings. The summed E-state index contributed by atoms with van der Waals surface area (Å²) in [7, 11) is 0. The Balaban J connectivity index is 1.79. The van der Waals surface area contributed by atoms with Gasteiger partial charge in [-0.25, -0.2) is 4.79 Å². The van der Waals surface area contributed by atoms with Crippen molar-refractivity contribution >= 4 is 68.7 Å². The molecular formula is C20H14BrCl3N2O3. The first-order valence-corrected chi connectivity index (χ1v) is 10.2. The molecule has 3 rings (SSSR count). The van der Waals surface area contributed by atoms with Gasteiger partial charge in [-0.05, 0) is 57.4 Å². The number of rotatable bonds is 6. The first-order chi connectivity index (χ1) is 13.8. The number of imide groups is 1. The van der Waals surface area contributed by atoms with Crippen LogP contribution in [0.15, 0.2) is 53.2 Å². The van der Waals surface area contributed by atoms with Crippen LogP contribution in [0.3, 0.4) is 0 Å². The standard InChI is InChI=1S/C20H14BrCl3N2O3/c1-2-5-26-19(27)17(25-20(26)28)9-12-6-13(21)18(16(24)8-12)29-10-11-3-4-14(22)15(23)7-11/h2-4,6-9H,1,5,10H2,(H,25,28)/b17-9+. The maximum atomic E-state index is 12.3. The predicted molar refractivity (Wildman–Crippen MR) is 118 cm³/mol. The number of nitrogens with zero attached hydrogens (tertiary/aromatic N) is 1. The molecule has 1 saturated heterocycles. The van der Waals surface area contributed by atoms with E-state index in [1.807, 2.05) is 0 Å². The molecule has 0 saturated carbocycles. The molecule has 0 radical (unpaired) electrons. The van der Waals surface area contributed by atoms with E-state index in [-0.39, 0.29) is 18.8 Å². The van der Waals surface area contributed by atoms with Crippen molar-refractivity contribution in [2.75, 3.05) is 6.54 Å². The quantitative estimate of drug-likeness (QED) is 0.288. The summed E-state index contributed by atoms with van der Waals surface area (Å²) in [5.41, 5.74) is 1.60. The summed E-state index contributed by atoms with van der Waals surface area (Å²) in [6, 6.07) is 8.09. The van der Waals surface area contributed by atoms with Crippen LogP contribution in [0.4, 0.5) is 4.79 Å². The number of hydrogen-bond acceptors (Lipinski definition) is 3. The summed E-state index contributed by atoms with van der Waals surface area (Å²) < 4.78 is 6.40. The summed E-state index contributed by atoms with van der Waals surface area (Å²) in [6.45, 7) is 3.91. The van der Waals surface area contributed by atoms with Gasteiger partial charge in [0.1, 0.15) is 12.3 Å². The van der Waals surface area contributed by atoms with E-state index in [1.165, 1.54) is 6.08 Å². The lowest BCUT2D eigenvalue weighted by molar-refractivity contribution is -0.122. The lowest BCUT2D eigenvalue weighted by Gasteiger charge is -2.12. The van der Waals surface area contributed by atoms with E-state index < -0.39 is 11.9 Å². The molecule has 2 aromatic carbocycles. The number of urea groups is 1. The molecule has 9 heteroatoms. The lowest BCUT2D eigenvalue weighted by Crippen LogP contribution is -2.30. The number of halogens is 4. The van der Waals surface area contributed by atoms with Gasteiger partial charge in [0, 0.05) is 6.54 Å². The summed E-state index contributed by atoms with van der Waals surface area (Å²) in [5, 5.41) is 3.78. The summed E-state index contributed by atoms with van der Waals surface area (Å²) in [6.07, 6.45) is 3.02. The number of nitrogens with one attached hydrogen (secondary N) is 1. The fraction of sp³-hybridized carbons (Fsp3) is 0.100. The highest BCUT2D eigenvalue weighted by Crippen LogP contribution is 2.36. The molecule has 1 N–H and O–H groups in total. The first-order valence-electron chi connectivity index (χ1n) is 8.31. The van der Waals surface area contributed by atoms with Crippen LogP contribution in [0.25, 0.3) is 6.08 Å². The summed E-state index contributed by atoms with van der Waals surface area (Å²) in [4.78, 5) is 25.2. The zero-order chi connectivity index (χ0) is 21.1. The molecule has 29 heavy (non-hydrogen) atoms. The van der Waals surface area contributed by atoms with Crippen LogP contribution in [0, 0.1) is 0 Å². The largest absolute Gasteiger partial charge is 0.486 e. The van der Waals surface area contributed by atoms with Gasteiger partial charge in [0.15, 0.2) is 5.75 Å². The molecule has 0 aliphatic carbocycles. The van der Waals surface area contributed by atoms with Gasteiger partial charge in [-0.3, -0.25) is 9.69 Å². The summed E-state index contributed by atoms with van der Waals surface area (Å²) in [5.74, 6) is 0.0112. The highest BCUT2D eigenvalue weighted by atomic mass is 79.9. The van der Waals surface area contributed by atoms with Gasteiger partial charge in [-0.2, -0.15) is 0 Å². The summed E-state index contributed by atoms with van der Waals surface area (Å²) >= 11 is 21.7. The molecule has 0 spiro atoms. The topological polar surface area (TPSA) is 58.6 Å². The van der Waals surface area contributed by atoms with Crippen LogP contribution >= 0.6 is 50.7 Å². The Kier molecular flexibility index (Phi) is 6.90. The average molecular weight is 517 g/mol. The Labute approximate surface area is 191 Å². The lowest BCUT2D eigenvalue weighted by atomic mass is 10.1. The molecule has 1 aliphatic rings. The second-order valence-electron chi connectivity index (χ2n) is 6.04. The number of carbonyl (C=O) groups is 2. The fourth-order valence-electron chi connectivity index (χ4n) is 2.62. The van der Waals surface area contributed by atoms with Crippen molar-refractivity contribution in [3.05, 3.63) is 79.4 Å². The third kappa shape index (κ3) is 4.95. The van der Waals surface area contributed by atoms with Gasteiger partial charge < -0.3 is 10.1 Å². The number of carbonyl (C=O) groups excluding carboxylic acids is 2. The molecule has 1 aliphatic heterocycles. The molecule has 0 unspecified atom stereocenters. The minimum atomic E-state index is -0.493. The highest BCUT2D eigenvalue weighted by Gasteiger charge is 2.32. The van der Waals surface area contributed by atoms with Gasteiger partial charge >= 0.3 is 6.03 Å². The number of benzene rings is 2. The zero-order valence-electron chi connectivity index (χ0n) is 14.8. The number of ether oxygens (including phenoxy) is 1. The smallest absolute Gasteiger partial charge is 0.329 e. The second-order valence-corrected chi connectivity index (χ2v) is 8.12. The predicted octanol–water partition coefficient (Wildman–Crippen LogP) is 6.07. The molecular weight excluding hydrogens is 502 g/mol. The Hall–Kier alpha value is -1.99. The maximum absolute atomic E-state index is 12.3. The van der Waals surface area contributed by atoms with E-state index in [4.69, 9.17) is 39.5 Å². The molecule has 1 fully saturated rings. The number of hydrogen-bond donors (Lipinski definition) is 1. The van der Waals surface area contributed by atoms with Crippen LogP contribution in [0.5, 0.6) is 5.75 Å². The van der Waals surface area contributed by atoms with Crippen molar-refractivity contribution in [3.63, 3.8) is 0 Å². The van der Waals surface area contributed by atoms with Gasteiger partial charge in [0.25, 0.3) is 5.91 Å². The third-order valence-corrected chi connectivity index (χ3v) is 5.58. The first kappa shape index (κ1) is 21.7. The van der Waals surface area contributed by atoms with Crippen molar-refractivity contribution in [2.45, 2.75) is 6.61 Å². The van der Waals surface area contributed by atoms with Crippen LogP contribution in [0.2, 0.25) is 15.1 Å². The second kappa shape index (κ2) is 9.22. The van der Waals surface area contributed by atoms with E-state index in [0.29, 0.717) is 30.9 Å². The van der Waals surface area contributed by atoms with Crippen LogP contribution in [-0.2, 0) is 11.4 Å². The highest BCUT2D eigenvalue weighted by molar-refractivity contribution is 9.10. The van der Waals surface area contributed by atoms with Crippen molar-refractivity contribution in [2.24, 2.45) is 0 Å². The van der Waals surface area contributed by atoms with Gasteiger partial charge in [-0.15, -0.1) is 6.58 Å². The minimum Gasteiger partial charge on any atom is -0.486 e. The number of amides is 3. The zero-order valence-corrected chi connectivity index (χ0v) is 18.7. The van der Waals surface area contributed by atoms with Gasteiger partial charge in [0.05, 0.1) is 19.5 Å². The Bertz CT molecular complexity index is 1020. The van der Waals surface area contributed by atoms with E-state index in [2.05, 4.69) is 27.8 Å². The van der Waals surface area contributed by atoms with E-state index in [9.17, 15) is 9.59 Å².